The standard InChI is InChI=1S/C19H26ClN3O3/c20-16-4-1-15(2-5-16)3-6-18(24)22-9-11-23(12-10-22)19(25)21-17-7-13-26-14-8-17/h1-2,4-5,17H,3,6-14H2,(H,21,25). The number of nitrogens with zero attached hydrogens (tertiary/aromatic N) is 2. The van der Waals surface area contributed by atoms with Crippen LogP contribution in [0.5, 0.6) is 0 Å². The summed E-state index contributed by atoms with van der Waals surface area (Å²) < 4.78 is 5.31. The van der Waals surface area contributed by atoms with Gasteiger partial charge in [-0.2, -0.15) is 0 Å². The van der Waals surface area contributed by atoms with E-state index < -0.39 is 0 Å². The zero-order valence-corrected chi connectivity index (χ0v) is 15.7. The number of piperazine rings is 1. The number of urea groups is 1. The Morgan fingerprint density at radius 3 is 2.31 bits per heavy atom. The summed E-state index contributed by atoms with van der Waals surface area (Å²) in [5, 5.41) is 3.78. The van der Waals surface area contributed by atoms with Gasteiger partial charge >= 0.3 is 6.03 Å². The van der Waals surface area contributed by atoms with Crippen LogP contribution in [0.4, 0.5) is 4.79 Å². The molecule has 0 saturated carbocycles. The van der Waals surface area contributed by atoms with Crippen molar-refractivity contribution in [2.24, 2.45) is 0 Å². The highest BCUT2D eigenvalue weighted by Crippen LogP contribution is 2.13. The molecule has 1 N–H and O–H groups in total. The summed E-state index contributed by atoms with van der Waals surface area (Å²) in [6, 6.07) is 7.77. The van der Waals surface area contributed by atoms with Crippen LogP contribution >= 0.6 is 11.6 Å². The summed E-state index contributed by atoms with van der Waals surface area (Å²) in [6.07, 6.45) is 2.93. The number of aryl methyl sites for hydroxylation is 1. The fourth-order valence-electron chi connectivity index (χ4n) is 3.33. The molecule has 0 aromatic heterocycles. The van der Waals surface area contributed by atoms with Gasteiger partial charge in [0, 0.05) is 56.9 Å². The van der Waals surface area contributed by atoms with E-state index in [4.69, 9.17) is 16.3 Å². The SMILES string of the molecule is O=C(CCc1ccc(Cl)cc1)N1CCN(C(=O)NC2CCOCC2)CC1. The smallest absolute Gasteiger partial charge is 0.317 e. The highest BCUT2D eigenvalue weighted by atomic mass is 35.5. The quantitative estimate of drug-likeness (QED) is 0.873. The number of rotatable bonds is 4. The third kappa shape index (κ3) is 5.35. The van der Waals surface area contributed by atoms with Crippen LogP contribution in [-0.2, 0) is 16.0 Å². The summed E-state index contributed by atoms with van der Waals surface area (Å²) in [6.45, 7) is 3.78. The van der Waals surface area contributed by atoms with Crippen molar-refractivity contribution in [2.45, 2.75) is 31.7 Å². The number of nitrogens with one attached hydrogen (secondary N) is 1. The summed E-state index contributed by atoms with van der Waals surface area (Å²) in [4.78, 5) is 28.4. The van der Waals surface area contributed by atoms with Gasteiger partial charge in [0.15, 0.2) is 0 Å². The molecule has 2 aliphatic rings. The van der Waals surface area contributed by atoms with Gasteiger partial charge in [0.25, 0.3) is 0 Å². The van der Waals surface area contributed by atoms with Gasteiger partial charge < -0.3 is 19.9 Å². The van der Waals surface area contributed by atoms with Gasteiger partial charge in [0.2, 0.25) is 5.91 Å². The zero-order valence-electron chi connectivity index (χ0n) is 15.0. The van der Waals surface area contributed by atoms with Crippen LogP contribution in [-0.4, -0.2) is 67.2 Å². The van der Waals surface area contributed by atoms with Crippen molar-refractivity contribution in [2.75, 3.05) is 39.4 Å². The molecular weight excluding hydrogens is 354 g/mol. The molecule has 2 saturated heterocycles. The van der Waals surface area contributed by atoms with Gasteiger partial charge in [-0.15, -0.1) is 0 Å². The van der Waals surface area contributed by atoms with Crippen molar-refractivity contribution in [3.05, 3.63) is 34.9 Å². The van der Waals surface area contributed by atoms with Gasteiger partial charge in [0.05, 0.1) is 0 Å². The van der Waals surface area contributed by atoms with E-state index in [0.29, 0.717) is 57.3 Å². The molecule has 3 rings (SSSR count). The Balaban J connectivity index is 1.39. The number of hydrogen-bond acceptors (Lipinski definition) is 3. The molecule has 0 radical (unpaired) electrons. The van der Waals surface area contributed by atoms with E-state index >= 15 is 0 Å². The van der Waals surface area contributed by atoms with Crippen LogP contribution in [0, 0.1) is 0 Å². The fourth-order valence-corrected chi connectivity index (χ4v) is 3.45. The molecule has 3 amide bonds. The largest absolute Gasteiger partial charge is 0.381 e. The van der Waals surface area contributed by atoms with Crippen LogP contribution < -0.4 is 5.32 Å². The molecule has 0 bridgehead atoms. The van der Waals surface area contributed by atoms with E-state index in [9.17, 15) is 9.59 Å². The van der Waals surface area contributed by atoms with E-state index in [1.807, 2.05) is 29.2 Å². The van der Waals surface area contributed by atoms with Gasteiger partial charge in [-0.3, -0.25) is 4.79 Å². The lowest BCUT2D eigenvalue weighted by Crippen LogP contribution is -2.55. The number of halogens is 1. The van der Waals surface area contributed by atoms with Crippen molar-refractivity contribution < 1.29 is 14.3 Å². The molecule has 26 heavy (non-hydrogen) atoms. The Hall–Kier alpha value is -1.79. The number of hydrogen-bond donors (Lipinski definition) is 1. The lowest BCUT2D eigenvalue weighted by molar-refractivity contribution is -0.132. The molecule has 2 fully saturated rings. The number of amides is 3. The van der Waals surface area contributed by atoms with Crippen LogP contribution in [0.2, 0.25) is 5.02 Å². The summed E-state index contributed by atoms with van der Waals surface area (Å²) in [7, 11) is 0. The zero-order chi connectivity index (χ0) is 18.4. The van der Waals surface area contributed by atoms with E-state index in [-0.39, 0.29) is 18.0 Å². The topological polar surface area (TPSA) is 61.9 Å². The Kier molecular flexibility index (Phi) is 6.74. The van der Waals surface area contributed by atoms with E-state index in [2.05, 4.69) is 5.32 Å². The molecule has 2 heterocycles. The van der Waals surface area contributed by atoms with Crippen LogP contribution in [0.3, 0.4) is 0 Å². The number of ether oxygens (including phenoxy) is 1. The molecule has 2 aliphatic heterocycles. The van der Waals surface area contributed by atoms with Crippen molar-refractivity contribution >= 4 is 23.5 Å². The Bertz CT molecular complexity index is 609. The van der Waals surface area contributed by atoms with Gasteiger partial charge in [-0.05, 0) is 37.0 Å². The van der Waals surface area contributed by atoms with Crippen LogP contribution in [0.1, 0.15) is 24.8 Å². The number of carbonyl (C=O) groups is 2. The lowest BCUT2D eigenvalue weighted by Gasteiger charge is -2.36. The van der Waals surface area contributed by atoms with Crippen molar-refractivity contribution in [1.82, 2.24) is 15.1 Å². The first-order chi connectivity index (χ1) is 12.6. The molecule has 0 spiro atoms. The first kappa shape index (κ1) is 19.0. The van der Waals surface area contributed by atoms with E-state index in [1.54, 1.807) is 4.90 Å². The minimum Gasteiger partial charge on any atom is -0.381 e. The second kappa shape index (κ2) is 9.24. The average Bonchev–Trinajstić information content (AvgIpc) is 2.68. The molecule has 0 aliphatic carbocycles. The van der Waals surface area contributed by atoms with Crippen molar-refractivity contribution in [3.8, 4) is 0 Å². The Labute approximate surface area is 159 Å². The monoisotopic (exact) mass is 379 g/mol. The molecular formula is C19H26ClN3O3. The minimum absolute atomic E-state index is 0.0230. The normalized spacial score (nSPS) is 18.7. The lowest BCUT2D eigenvalue weighted by atomic mass is 10.1. The second-order valence-electron chi connectivity index (χ2n) is 6.83. The van der Waals surface area contributed by atoms with Crippen LogP contribution in [0.25, 0.3) is 0 Å². The van der Waals surface area contributed by atoms with Crippen molar-refractivity contribution in [1.29, 1.82) is 0 Å². The van der Waals surface area contributed by atoms with E-state index in [1.165, 1.54) is 0 Å². The Morgan fingerprint density at radius 2 is 1.65 bits per heavy atom. The maximum Gasteiger partial charge on any atom is 0.317 e. The van der Waals surface area contributed by atoms with Gasteiger partial charge in [0.1, 0.15) is 0 Å². The fraction of sp³-hybridized carbons (Fsp3) is 0.579. The maximum atomic E-state index is 12.4. The first-order valence-electron chi connectivity index (χ1n) is 9.27. The summed E-state index contributed by atoms with van der Waals surface area (Å²) in [5.74, 6) is 0.143. The highest BCUT2D eigenvalue weighted by Gasteiger charge is 2.25. The predicted molar refractivity (Wildman–Crippen MR) is 100 cm³/mol. The summed E-state index contributed by atoms with van der Waals surface area (Å²) in [5.41, 5.74) is 1.11. The second-order valence-corrected chi connectivity index (χ2v) is 7.27. The Morgan fingerprint density at radius 1 is 1.04 bits per heavy atom. The summed E-state index contributed by atoms with van der Waals surface area (Å²) >= 11 is 5.88. The molecule has 142 valence electrons. The molecule has 1 aromatic carbocycles. The van der Waals surface area contributed by atoms with E-state index in [0.717, 1.165) is 18.4 Å². The number of benzene rings is 1. The molecule has 1 aromatic rings. The predicted octanol–water partition coefficient (Wildman–Crippen LogP) is 2.31. The third-order valence-corrected chi connectivity index (χ3v) is 5.26. The molecule has 6 nitrogen and oxygen atoms in total. The first-order valence-corrected chi connectivity index (χ1v) is 9.65. The average molecular weight is 380 g/mol. The maximum absolute atomic E-state index is 12.4. The van der Waals surface area contributed by atoms with Crippen LogP contribution in [0.15, 0.2) is 24.3 Å². The minimum atomic E-state index is -0.0230. The molecule has 0 atom stereocenters. The number of carbonyl (C=O) groups excluding carboxylic acids is 2. The molecule has 7 heteroatoms. The highest BCUT2D eigenvalue weighted by molar-refractivity contribution is 6.30. The van der Waals surface area contributed by atoms with Gasteiger partial charge in [-0.1, -0.05) is 23.7 Å². The van der Waals surface area contributed by atoms with Crippen molar-refractivity contribution in [3.63, 3.8) is 0 Å². The molecule has 0 unspecified atom stereocenters. The van der Waals surface area contributed by atoms with Gasteiger partial charge in [-0.25, -0.2) is 4.79 Å². The third-order valence-electron chi connectivity index (χ3n) is 5.01.